The monoisotopic (exact) mass is 306 g/mol. The highest BCUT2D eigenvalue weighted by Crippen LogP contribution is 2.36. The minimum Gasteiger partial charge on any atom is -0.467 e. The van der Waals surface area contributed by atoms with Gasteiger partial charge in [-0.15, -0.1) is 0 Å². The van der Waals surface area contributed by atoms with Gasteiger partial charge in [0.1, 0.15) is 5.75 Å². The number of halogens is 3. The van der Waals surface area contributed by atoms with Crippen LogP contribution < -0.4 is 4.74 Å². The Bertz CT molecular complexity index is 525. The fourth-order valence-corrected chi connectivity index (χ4v) is 1.54. The second-order valence-electron chi connectivity index (χ2n) is 3.78. The standard InChI is InChI=1S/C13H13F3O5/c1-3-20-12(18)11(17)10-8(13(14,15)16)5-4-6-9(10)21-7-19-2/h4-6H,3,7H2,1-2H3. The Balaban J connectivity index is 3.35. The van der Waals surface area contributed by atoms with Crippen LogP contribution in [0.25, 0.3) is 0 Å². The van der Waals surface area contributed by atoms with Gasteiger partial charge in [-0.25, -0.2) is 4.79 Å². The van der Waals surface area contributed by atoms with E-state index in [1.807, 2.05) is 0 Å². The summed E-state index contributed by atoms with van der Waals surface area (Å²) in [6.45, 7) is 0.931. The summed E-state index contributed by atoms with van der Waals surface area (Å²) in [5, 5.41) is 0. The summed E-state index contributed by atoms with van der Waals surface area (Å²) in [6, 6.07) is 2.89. The zero-order valence-corrected chi connectivity index (χ0v) is 11.3. The molecule has 0 aliphatic rings. The molecule has 0 spiro atoms. The third-order valence-corrected chi connectivity index (χ3v) is 2.35. The minimum atomic E-state index is -4.82. The van der Waals surface area contributed by atoms with Crippen LogP contribution in [-0.4, -0.2) is 32.3 Å². The van der Waals surface area contributed by atoms with E-state index in [9.17, 15) is 22.8 Å². The zero-order chi connectivity index (χ0) is 16.0. The molecule has 0 aliphatic heterocycles. The Labute approximate surface area is 118 Å². The lowest BCUT2D eigenvalue weighted by Crippen LogP contribution is -2.23. The van der Waals surface area contributed by atoms with Gasteiger partial charge in [0.05, 0.1) is 17.7 Å². The number of Topliss-reactive ketones (excluding diaryl/α,β-unsaturated/α-hetero) is 1. The van der Waals surface area contributed by atoms with Crippen LogP contribution >= 0.6 is 0 Å². The number of esters is 1. The summed E-state index contributed by atoms with van der Waals surface area (Å²) in [5.74, 6) is -3.20. The summed E-state index contributed by atoms with van der Waals surface area (Å²) in [7, 11) is 1.26. The molecule has 0 aromatic heterocycles. The van der Waals surface area contributed by atoms with Crippen molar-refractivity contribution in [2.75, 3.05) is 20.5 Å². The van der Waals surface area contributed by atoms with Crippen molar-refractivity contribution in [3.05, 3.63) is 29.3 Å². The largest absolute Gasteiger partial charge is 0.467 e. The van der Waals surface area contributed by atoms with Crippen molar-refractivity contribution in [3.63, 3.8) is 0 Å². The summed E-state index contributed by atoms with van der Waals surface area (Å²) in [5.41, 5.74) is -2.16. The van der Waals surface area contributed by atoms with E-state index >= 15 is 0 Å². The molecule has 0 unspecified atom stereocenters. The van der Waals surface area contributed by atoms with Crippen molar-refractivity contribution in [1.82, 2.24) is 0 Å². The molecule has 0 saturated heterocycles. The smallest absolute Gasteiger partial charge is 0.417 e. The maximum Gasteiger partial charge on any atom is 0.417 e. The number of ether oxygens (including phenoxy) is 3. The highest BCUT2D eigenvalue weighted by molar-refractivity contribution is 6.41. The van der Waals surface area contributed by atoms with Gasteiger partial charge >= 0.3 is 12.1 Å². The molecule has 0 amide bonds. The van der Waals surface area contributed by atoms with Crippen molar-refractivity contribution in [3.8, 4) is 5.75 Å². The Morgan fingerprint density at radius 3 is 2.43 bits per heavy atom. The van der Waals surface area contributed by atoms with Crippen LogP contribution in [0.5, 0.6) is 5.75 Å². The molecule has 0 heterocycles. The molecule has 1 rings (SSSR count). The molecule has 21 heavy (non-hydrogen) atoms. The van der Waals surface area contributed by atoms with Crippen molar-refractivity contribution in [1.29, 1.82) is 0 Å². The fraction of sp³-hybridized carbons (Fsp3) is 0.385. The number of benzene rings is 1. The zero-order valence-electron chi connectivity index (χ0n) is 11.3. The van der Waals surface area contributed by atoms with Crippen molar-refractivity contribution >= 4 is 11.8 Å². The lowest BCUT2D eigenvalue weighted by atomic mass is 10.0. The molecule has 0 aliphatic carbocycles. The van der Waals surface area contributed by atoms with Crippen LogP contribution in [0.2, 0.25) is 0 Å². The number of ketones is 1. The predicted octanol–water partition coefficient (Wildman–Crippen LogP) is 2.43. The van der Waals surface area contributed by atoms with Gasteiger partial charge in [-0.1, -0.05) is 6.07 Å². The van der Waals surface area contributed by atoms with E-state index < -0.39 is 34.8 Å². The number of hydrogen-bond acceptors (Lipinski definition) is 5. The first-order valence-corrected chi connectivity index (χ1v) is 5.86. The molecule has 116 valence electrons. The molecule has 0 atom stereocenters. The second-order valence-corrected chi connectivity index (χ2v) is 3.78. The Morgan fingerprint density at radius 1 is 1.24 bits per heavy atom. The molecule has 0 N–H and O–H groups in total. The van der Waals surface area contributed by atoms with Gasteiger partial charge in [-0.3, -0.25) is 4.79 Å². The Kier molecular flexibility index (Phi) is 5.71. The number of carbonyl (C=O) groups excluding carboxylic acids is 2. The highest BCUT2D eigenvalue weighted by Gasteiger charge is 2.39. The first-order valence-electron chi connectivity index (χ1n) is 5.86. The van der Waals surface area contributed by atoms with Gasteiger partial charge in [0, 0.05) is 7.11 Å². The van der Waals surface area contributed by atoms with Gasteiger partial charge in [0.2, 0.25) is 0 Å². The Hall–Kier alpha value is -2.09. The topological polar surface area (TPSA) is 61.8 Å². The normalized spacial score (nSPS) is 11.1. The molecule has 0 radical (unpaired) electrons. The van der Waals surface area contributed by atoms with Crippen LogP contribution in [0.4, 0.5) is 13.2 Å². The average molecular weight is 306 g/mol. The number of hydrogen-bond donors (Lipinski definition) is 0. The van der Waals surface area contributed by atoms with E-state index in [1.54, 1.807) is 0 Å². The van der Waals surface area contributed by atoms with Crippen LogP contribution in [0.3, 0.4) is 0 Å². The van der Waals surface area contributed by atoms with Crippen LogP contribution in [0, 0.1) is 0 Å². The van der Waals surface area contributed by atoms with Gasteiger partial charge in [-0.05, 0) is 19.1 Å². The van der Waals surface area contributed by atoms with Gasteiger partial charge < -0.3 is 14.2 Å². The van der Waals surface area contributed by atoms with Crippen LogP contribution in [0.15, 0.2) is 18.2 Å². The minimum absolute atomic E-state index is 0.132. The van der Waals surface area contributed by atoms with E-state index in [0.29, 0.717) is 6.07 Å². The predicted molar refractivity (Wildman–Crippen MR) is 64.9 cm³/mol. The highest BCUT2D eigenvalue weighted by atomic mass is 19.4. The van der Waals surface area contributed by atoms with E-state index in [4.69, 9.17) is 4.74 Å². The molecule has 0 fully saturated rings. The summed E-state index contributed by atoms with van der Waals surface area (Å²) < 4.78 is 52.9. The quantitative estimate of drug-likeness (QED) is 0.349. The van der Waals surface area contributed by atoms with Crippen LogP contribution in [-0.2, 0) is 20.4 Å². The van der Waals surface area contributed by atoms with Gasteiger partial charge in [-0.2, -0.15) is 13.2 Å². The summed E-state index contributed by atoms with van der Waals surface area (Å²) in [6.07, 6.45) is -4.82. The van der Waals surface area contributed by atoms with Gasteiger partial charge in [0.25, 0.3) is 5.78 Å². The van der Waals surface area contributed by atoms with Crippen molar-refractivity contribution in [2.45, 2.75) is 13.1 Å². The van der Waals surface area contributed by atoms with E-state index in [2.05, 4.69) is 9.47 Å². The number of methoxy groups -OCH3 is 1. The molecule has 8 heteroatoms. The first kappa shape index (κ1) is 17.0. The molecule has 1 aromatic carbocycles. The SMILES string of the molecule is CCOC(=O)C(=O)c1c(OCOC)cccc1C(F)(F)F. The summed E-state index contributed by atoms with van der Waals surface area (Å²) >= 11 is 0. The Morgan fingerprint density at radius 2 is 1.90 bits per heavy atom. The van der Waals surface area contributed by atoms with Crippen molar-refractivity contribution < 1.29 is 37.0 Å². The first-order chi connectivity index (χ1) is 9.82. The number of carbonyl (C=O) groups is 2. The molecule has 1 aromatic rings. The van der Waals surface area contributed by atoms with E-state index in [1.165, 1.54) is 14.0 Å². The molecule has 5 nitrogen and oxygen atoms in total. The maximum absolute atomic E-state index is 13.0. The van der Waals surface area contributed by atoms with E-state index in [-0.39, 0.29) is 13.4 Å². The average Bonchev–Trinajstić information content (AvgIpc) is 2.43. The van der Waals surface area contributed by atoms with Crippen molar-refractivity contribution in [2.24, 2.45) is 0 Å². The second kappa shape index (κ2) is 7.07. The van der Waals surface area contributed by atoms with Crippen LogP contribution in [0.1, 0.15) is 22.8 Å². The third kappa shape index (κ3) is 4.19. The number of rotatable bonds is 6. The molecule has 0 bridgehead atoms. The summed E-state index contributed by atoms with van der Waals surface area (Å²) in [4.78, 5) is 23.3. The maximum atomic E-state index is 13.0. The lowest BCUT2D eigenvalue weighted by molar-refractivity contribution is -0.139. The van der Waals surface area contributed by atoms with E-state index in [0.717, 1.165) is 12.1 Å². The third-order valence-electron chi connectivity index (χ3n) is 2.35. The molecular weight excluding hydrogens is 293 g/mol. The van der Waals surface area contributed by atoms with Gasteiger partial charge in [0.15, 0.2) is 6.79 Å². The molecule has 0 saturated carbocycles. The molecular formula is C13H13F3O5. The lowest BCUT2D eigenvalue weighted by Gasteiger charge is -2.15. The number of alkyl halides is 3. The fourth-order valence-electron chi connectivity index (χ4n) is 1.54.